The summed E-state index contributed by atoms with van der Waals surface area (Å²) in [5.74, 6) is 0. The molecule has 142 valence electrons. The second-order valence-electron chi connectivity index (χ2n) is 7.13. The van der Waals surface area contributed by atoms with Gasteiger partial charge in [-0.1, -0.05) is 0 Å². The molecule has 1 saturated heterocycles. The Morgan fingerprint density at radius 1 is 1.04 bits per heavy atom. The number of rotatable bonds is 3. The molecular weight excluding hydrogens is 354 g/mol. The summed E-state index contributed by atoms with van der Waals surface area (Å²) < 4.78 is 1.68. The molecule has 0 spiro atoms. The van der Waals surface area contributed by atoms with Crippen LogP contribution < -0.4 is 10.6 Å². The predicted octanol–water partition coefficient (Wildman–Crippen LogP) is 1.85. The Labute approximate surface area is 161 Å². The summed E-state index contributed by atoms with van der Waals surface area (Å²) >= 11 is 0. The van der Waals surface area contributed by atoms with E-state index >= 15 is 0 Å². The number of anilines is 1. The zero-order chi connectivity index (χ0) is 19.1. The highest BCUT2D eigenvalue weighted by Crippen LogP contribution is 2.24. The Hall–Kier alpha value is -3.26. The molecule has 0 amide bonds. The SMILES string of the molecule is C[C@@H](c1ccc2cccnc2n1)N1CCN(c2ccc3nc(=O)[nH]n3c2)CC1. The smallest absolute Gasteiger partial charge is 0.362 e. The normalized spacial score (nSPS) is 16.7. The monoisotopic (exact) mass is 375 g/mol. The van der Waals surface area contributed by atoms with Gasteiger partial charge in [-0.05, 0) is 43.3 Å². The number of pyridine rings is 3. The van der Waals surface area contributed by atoms with Crippen LogP contribution in [0.5, 0.6) is 0 Å². The van der Waals surface area contributed by atoms with E-state index < -0.39 is 0 Å². The van der Waals surface area contributed by atoms with Gasteiger partial charge in [0.2, 0.25) is 0 Å². The Balaban J connectivity index is 1.30. The van der Waals surface area contributed by atoms with Crippen LogP contribution in [0.2, 0.25) is 0 Å². The highest BCUT2D eigenvalue weighted by molar-refractivity contribution is 5.74. The average molecular weight is 375 g/mol. The van der Waals surface area contributed by atoms with Crippen molar-refractivity contribution >= 4 is 22.4 Å². The maximum absolute atomic E-state index is 11.4. The fraction of sp³-hybridized carbons (Fsp3) is 0.300. The zero-order valence-electron chi connectivity index (χ0n) is 15.6. The first kappa shape index (κ1) is 16.9. The molecule has 0 radical (unpaired) electrons. The van der Waals surface area contributed by atoms with Crippen LogP contribution in [0.3, 0.4) is 0 Å². The summed E-state index contributed by atoms with van der Waals surface area (Å²) in [6, 6.07) is 12.3. The number of nitrogens with one attached hydrogen (secondary N) is 1. The molecule has 5 heterocycles. The van der Waals surface area contributed by atoms with Gasteiger partial charge < -0.3 is 4.90 Å². The third-order valence-corrected chi connectivity index (χ3v) is 5.48. The summed E-state index contributed by atoms with van der Waals surface area (Å²) in [6.45, 7) is 5.93. The molecule has 28 heavy (non-hydrogen) atoms. The van der Waals surface area contributed by atoms with Gasteiger partial charge in [-0.15, -0.1) is 0 Å². The molecule has 0 saturated carbocycles. The van der Waals surface area contributed by atoms with Crippen molar-refractivity contribution in [3.8, 4) is 0 Å². The number of hydrogen-bond donors (Lipinski definition) is 1. The summed E-state index contributed by atoms with van der Waals surface area (Å²) in [5.41, 5.74) is 3.25. The highest BCUT2D eigenvalue weighted by atomic mass is 16.1. The number of hydrogen-bond acceptors (Lipinski definition) is 6. The van der Waals surface area contributed by atoms with Gasteiger partial charge >= 0.3 is 5.69 Å². The Morgan fingerprint density at radius 3 is 2.75 bits per heavy atom. The minimum atomic E-state index is -0.326. The first-order valence-corrected chi connectivity index (χ1v) is 9.46. The van der Waals surface area contributed by atoms with Crippen molar-refractivity contribution in [2.24, 2.45) is 0 Å². The fourth-order valence-corrected chi connectivity index (χ4v) is 3.84. The minimum absolute atomic E-state index is 0.237. The molecule has 0 aromatic carbocycles. The summed E-state index contributed by atoms with van der Waals surface area (Å²) in [5, 5.41) is 3.77. The van der Waals surface area contributed by atoms with Crippen LogP contribution in [0.4, 0.5) is 5.69 Å². The van der Waals surface area contributed by atoms with E-state index in [0.29, 0.717) is 5.65 Å². The minimum Gasteiger partial charge on any atom is -0.368 e. The van der Waals surface area contributed by atoms with Crippen molar-refractivity contribution < 1.29 is 0 Å². The molecule has 1 aliphatic heterocycles. The lowest BCUT2D eigenvalue weighted by Crippen LogP contribution is -2.47. The van der Waals surface area contributed by atoms with Crippen LogP contribution >= 0.6 is 0 Å². The number of piperazine rings is 1. The van der Waals surface area contributed by atoms with Crippen molar-refractivity contribution in [3.05, 3.63) is 65.0 Å². The quantitative estimate of drug-likeness (QED) is 0.588. The highest BCUT2D eigenvalue weighted by Gasteiger charge is 2.23. The van der Waals surface area contributed by atoms with E-state index in [1.165, 1.54) is 0 Å². The van der Waals surface area contributed by atoms with Gasteiger partial charge in [-0.3, -0.25) is 4.90 Å². The van der Waals surface area contributed by atoms with E-state index in [0.717, 1.165) is 48.6 Å². The Morgan fingerprint density at radius 2 is 1.89 bits per heavy atom. The van der Waals surface area contributed by atoms with Crippen molar-refractivity contribution in [3.63, 3.8) is 0 Å². The molecule has 1 N–H and O–H groups in total. The maximum Gasteiger partial charge on any atom is 0.362 e. The lowest BCUT2D eigenvalue weighted by molar-refractivity contribution is 0.195. The van der Waals surface area contributed by atoms with Gasteiger partial charge in [-0.25, -0.2) is 24.4 Å². The van der Waals surface area contributed by atoms with Gasteiger partial charge in [0, 0.05) is 43.8 Å². The van der Waals surface area contributed by atoms with Crippen molar-refractivity contribution in [1.82, 2.24) is 29.5 Å². The van der Waals surface area contributed by atoms with Crippen LogP contribution in [-0.2, 0) is 0 Å². The van der Waals surface area contributed by atoms with E-state index in [1.807, 2.05) is 30.5 Å². The van der Waals surface area contributed by atoms with Crippen molar-refractivity contribution in [2.45, 2.75) is 13.0 Å². The zero-order valence-corrected chi connectivity index (χ0v) is 15.6. The van der Waals surface area contributed by atoms with Gasteiger partial charge in [0.1, 0.15) is 0 Å². The topological polar surface area (TPSA) is 82.4 Å². The van der Waals surface area contributed by atoms with Crippen LogP contribution in [-0.4, -0.2) is 55.6 Å². The van der Waals surface area contributed by atoms with E-state index in [1.54, 1.807) is 10.7 Å². The number of nitrogens with zero attached hydrogens (tertiary/aromatic N) is 6. The molecule has 4 aromatic heterocycles. The molecule has 0 aliphatic carbocycles. The van der Waals surface area contributed by atoms with Gasteiger partial charge in [0.15, 0.2) is 11.3 Å². The molecule has 1 fully saturated rings. The first-order valence-electron chi connectivity index (χ1n) is 9.46. The predicted molar refractivity (Wildman–Crippen MR) is 108 cm³/mol. The molecule has 4 aromatic rings. The number of aromatic amines is 1. The number of aromatic nitrogens is 5. The van der Waals surface area contributed by atoms with Crippen LogP contribution in [0.1, 0.15) is 18.7 Å². The van der Waals surface area contributed by atoms with Gasteiger partial charge in [0.25, 0.3) is 0 Å². The number of H-pyrrole nitrogens is 1. The summed E-state index contributed by atoms with van der Waals surface area (Å²) in [4.78, 5) is 29.2. The van der Waals surface area contributed by atoms with Crippen molar-refractivity contribution in [1.29, 1.82) is 0 Å². The van der Waals surface area contributed by atoms with E-state index in [4.69, 9.17) is 4.98 Å². The van der Waals surface area contributed by atoms with Crippen LogP contribution in [0, 0.1) is 0 Å². The Bertz CT molecular complexity index is 1190. The van der Waals surface area contributed by atoms with Crippen molar-refractivity contribution in [2.75, 3.05) is 31.1 Å². The second kappa shape index (κ2) is 6.72. The van der Waals surface area contributed by atoms with Gasteiger partial charge in [-0.2, -0.15) is 4.98 Å². The lowest BCUT2D eigenvalue weighted by Gasteiger charge is -2.38. The first-order chi connectivity index (χ1) is 13.7. The molecule has 1 aliphatic rings. The summed E-state index contributed by atoms with van der Waals surface area (Å²) in [6.07, 6.45) is 3.71. The molecule has 0 unspecified atom stereocenters. The number of fused-ring (bicyclic) bond motifs is 2. The standard InChI is InChI=1S/C20H21N7O/c1-14(17-6-4-15-3-2-8-21-19(15)22-17)25-9-11-26(12-10-25)16-5-7-18-23-20(28)24-27(18)13-16/h2-8,13-14H,9-12H2,1H3,(H,24,28)/t14-/m0/s1. The molecule has 5 rings (SSSR count). The van der Waals surface area contributed by atoms with E-state index in [-0.39, 0.29) is 11.7 Å². The Kier molecular flexibility index (Phi) is 4.05. The largest absolute Gasteiger partial charge is 0.368 e. The van der Waals surface area contributed by atoms with Crippen LogP contribution in [0.15, 0.2) is 53.6 Å². The third kappa shape index (κ3) is 3.01. The molecule has 0 bridgehead atoms. The van der Waals surface area contributed by atoms with Gasteiger partial charge in [0.05, 0.1) is 17.6 Å². The lowest BCUT2D eigenvalue weighted by atomic mass is 10.1. The molecule has 8 heteroatoms. The second-order valence-corrected chi connectivity index (χ2v) is 7.13. The van der Waals surface area contributed by atoms with E-state index in [9.17, 15) is 4.79 Å². The summed E-state index contributed by atoms with van der Waals surface area (Å²) in [7, 11) is 0. The molecule has 1 atom stereocenters. The van der Waals surface area contributed by atoms with E-state index in [2.05, 4.69) is 43.9 Å². The third-order valence-electron chi connectivity index (χ3n) is 5.48. The molecule has 8 nitrogen and oxygen atoms in total. The fourth-order valence-electron chi connectivity index (χ4n) is 3.84. The van der Waals surface area contributed by atoms with Crippen LogP contribution in [0.25, 0.3) is 16.7 Å². The average Bonchev–Trinajstić information content (AvgIpc) is 3.12. The maximum atomic E-state index is 11.4. The molecular formula is C20H21N7O.